The van der Waals surface area contributed by atoms with Gasteiger partial charge in [-0.15, -0.1) is 0 Å². The normalized spacial score (nSPS) is 12.2. The van der Waals surface area contributed by atoms with Crippen molar-refractivity contribution >= 4 is 5.97 Å². The first-order valence-electron chi connectivity index (χ1n) is 6.60. The minimum Gasteiger partial charge on any atom is -0.480 e. The number of carbonyl (C=O) groups is 1. The molecule has 0 fully saturated rings. The maximum atomic E-state index is 11.4. The first kappa shape index (κ1) is 14.2. The predicted molar refractivity (Wildman–Crippen MR) is 74.0 cm³/mol. The molecule has 0 bridgehead atoms. The van der Waals surface area contributed by atoms with E-state index in [0.29, 0.717) is 6.54 Å². The molecule has 0 saturated carbocycles. The molecule has 1 atom stereocenters. The van der Waals surface area contributed by atoms with Crippen LogP contribution >= 0.6 is 0 Å². The predicted octanol–water partition coefficient (Wildman–Crippen LogP) is 1.60. The van der Waals surface area contributed by atoms with E-state index in [9.17, 15) is 9.90 Å². The van der Waals surface area contributed by atoms with E-state index in [4.69, 9.17) is 0 Å². The molecular weight excluding hydrogens is 256 g/mol. The molecule has 1 aromatic carbocycles. The van der Waals surface area contributed by atoms with Crippen LogP contribution in [-0.2, 0) is 17.9 Å². The van der Waals surface area contributed by atoms with Crippen LogP contribution in [0.2, 0.25) is 0 Å². The van der Waals surface area contributed by atoms with Gasteiger partial charge in [-0.3, -0.25) is 10.1 Å². The van der Waals surface area contributed by atoms with E-state index in [1.54, 1.807) is 16.8 Å². The van der Waals surface area contributed by atoms with Crippen molar-refractivity contribution in [1.29, 1.82) is 0 Å². The highest BCUT2D eigenvalue weighted by Crippen LogP contribution is 2.13. The topological polar surface area (TPSA) is 80.0 Å². The minimum absolute atomic E-state index is 0.367. The number of carboxylic acid groups (broad SMARTS) is 1. The van der Waals surface area contributed by atoms with Crippen molar-refractivity contribution in [3.05, 3.63) is 48.0 Å². The molecule has 1 unspecified atom stereocenters. The zero-order chi connectivity index (χ0) is 14.4. The molecule has 0 radical (unpaired) electrons. The van der Waals surface area contributed by atoms with Gasteiger partial charge in [0.2, 0.25) is 0 Å². The van der Waals surface area contributed by atoms with Crippen LogP contribution in [0.3, 0.4) is 0 Å². The van der Waals surface area contributed by atoms with Gasteiger partial charge in [0.1, 0.15) is 18.2 Å². The highest BCUT2D eigenvalue weighted by molar-refractivity contribution is 5.75. The Labute approximate surface area is 117 Å². The fraction of sp³-hybridized carbons (Fsp3) is 0.357. The standard InChI is InChI=1S/C14H18N4O2/c1-2-8-18-12(16-10-17-18)9-15-13(14(19)20)11-6-4-3-5-7-11/h3-7,10,13,15H,2,8-9H2,1H3,(H,19,20). The SMILES string of the molecule is CCCn1ncnc1CNC(C(=O)O)c1ccccc1. The van der Waals surface area contributed by atoms with Crippen LogP contribution in [0.25, 0.3) is 0 Å². The molecule has 2 rings (SSSR count). The van der Waals surface area contributed by atoms with Crippen molar-refractivity contribution < 1.29 is 9.90 Å². The number of hydrogen-bond donors (Lipinski definition) is 2. The zero-order valence-electron chi connectivity index (χ0n) is 11.4. The van der Waals surface area contributed by atoms with Gasteiger partial charge in [-0.1, -0.05) is 37.3 Å². The summed E-state index contributed by atoms with van der Waals surface area (Å²) in [6.07, 6.45) is 2.45. The van der Waals surface area contributed by atoms with Crippen LogP contribution in [0.1, 0.15) is 30.8 Å². The maximum Gasteiger partial charge on any atom is 0.325 e. The van der Waals surface area contributed by atoms with Crippen LogP contribution in [0.5, 0.6) is 0 Å². The molecule has 0 spiro atoms. The monoisotopic (exact) mass is 274 g/mol. The van der Waals surface area contributed by atoms with Crippen molar-refractivity contribution in [2.45, 2.75) is 32.5 Å². The van der Waals surface area contributed by atoms with Gasteiger partial charge in [-0.05, 0) is 12.0 Å². The lowest BCUT2D eigenvalue weighted by atomic mass is 10.1. The Bertz CT molecular complexity index is 553. The first-order chi connectivity index (χ1) is 9.72. The molecule has 0 amide bonds. The summed E-state index contributed by atoms with van der Waals surface area (Å²) in [5.41, 5.74) is 0.724. The average molecular weight is 274 g/mol. The number of benzene rings is 1. The van der Waals surface area contributed by atoms with Crippen LogP contribution in [-0.4, -0.2) is 25.8 Å². The van der Waals surface area contributed by atoms with Crippen LogP contribution in [0.15, 0.2) is 36.7 Å². The van der Waals surface area contributed by atoms with E-state index in [0.717, 1.165) is 24.4 Å². The third kappa shape index (κ3) is 3.42. The van der Waals surface area contributed by atoms with E-state index < -0.39 is 12.0 Å². The minimum atomic E-state index is -0.905. The van der Waals surface area contributed by atoms with Crippen LogP contribution < -0.4 is 5.32 Å². The summed E-state index contributed by atoms with van der Waals surface area (Å²) in [5.74, 6) is -0.160. The second-order valence-corrected chi connectivity index (χ2v) is 4.46. The van der Waals surface area contributed by atoms with Gasteiger partial charge in [0, 0.05) is 6.54 Å². The molecule has 0 aliphatic carbocycles. The third-order valence-corrected chi connectivity index (χ3v) is 2.98. The van der Waals surface area contributed by atoms with E-state index >= 15 is 0 Å². The molecule has 106 valence electrons. The summed E-state index contributed by atoms with van der Waals surface area (Å²) >= 11 is 0. The molecule has 0 aliphatic heterocycles. The van der Waals surface area contributed by atoms with Crippen molar-refractivity contribution in [3.8, 4) is 0 Å². The number of carboxylic acids is 1. The Morgan fingerprint density at radius 3 is 2.80 bits per heavy atom. The molecule has 0 saturated heterocycles. The number of nitrogens with zero attached hydrogens (tertiary/aromatic N) is 3. The molecule has 0 aliphatic rings. The molecular formula is C14H18N4O2. The lowest BCUT2D eigenvalue weighted by Crippen LogP contribution is -2.29. The van der Waals surface area contributed by atoms with Crippen molar-refractivity contribution in [1.82, 2.24) is 20.1 Å². The zero-order valence-corrected chi connectivity index (χ0v) is 11.4. The van der Waals surface area contributed by atoms with Crippen LogP contribution in [0.4, 0.5) is 0 Å². The number of rotatable bonds is 7. The fourth-order valence-electron chi connectivity index (χ4n) is 2.01. The van der Waals surface area contributed by atoms with Crippen LogP contribution in [0, 0.1) is 0 Å². The quantitative estimate of drug-likeness (QED) is 0.801. The van der Waals surface area contributed by atoms with Gasteiger partial charge in [0.15, 0.2) is 0 Å². The van der Waals surface area contributed by atoms with Gasteiger partial charge < -0.3 is 5.11 Å². The maximum absolute atomic E-state index is 11.4. The molecule has 6 nitrogen and oxygen atoms in total. The summed E-state index contributed by atoms with van der Waals surface area (Å²) in [7, 11) is 0. The molecule has 2 aromatic rings. The number of aromatic nitrogens is 3. The second-order valence-electron chi connectivity index (χ2n) is 4.46. The van der Waals surface area contributed by atoms with Gasteiger partial charge >= 0.3 is 5.97 Å². The smallest absolute Gasteiger partial charge is 0.325 e. The molecule has 1 aromatic heterocycles. The van der Waals surface area contributed by atoms with Crippen molar-refractivity contribution in [3.63, 3.8) is 0 Å². The molecule has 2 N–H and O–H groups in total. The Morgan fingerprint density at radius 1 is 1.40 bits per heavy atom. The molecule has 6 heteroatoms. The Kier molecular flexibility index (Phi) is 4.84. The summed E-state index contributed by atoms with van der Waals surface area (Å²) in [5, 5.41) is 16.5. The molecule has 20 heavy (non-hydrogen) atoms. The van der Waals surface area contributed by atoms with Gasteiger partial charge in [0.25, 0.3) is 0 Å². The van der Waals surface area contributed by atoms with E-state index in [1.807, 2.05) is 18.2 Å². The Hall–Kier alpha value is -2.21. The number of nitrogens with one attached hydrogen (secondary N) is 1. The lowest BCUT2D eigenvalue weighted by Gasteiger charge is -2.14. The Balaban J connectivity index is 2.06. The van der Waals surface area contributed by atoms with Gasteiger partial charge in [-0.25, -0.2) is 9.67 Å². The fourth-order valence-corrected chi connectivity index (χ4v) is 2.01. The summed E-state index contributed by atoms with van der Waals surface area (Å²) in [4.78, 5) is 15.5. The first-order valence-corrected chi connectivity index (χ1v) is 6.60. The van der Waals surface area contributed by atoms with Gasteiger partial charge in [-0.2, -0.15) is 5.10 Å². The second kappa shape index (κ2) is 6.81. The summed E-state index contributed by atoms with van der Waals surface area (Å²) in [6.45, 7) is 3.20. The molecule has 1 heterocycles. The largest absolute Gasteiger partial charge is 0.480 e. The number of hydrogen-bond acceptors (Lipinski definition) is 4. The Morgan fingerprint density at radius 2 is 2.15 bits per heavy atom. The van der Waals surface area contributed by atoms with Crippen molar-refractivity contribution in [2.75, 3.05) is 0 Å². The summed E-state index contributed by atoms with van der Waals surface area (Å²) < 4.78 is 1.79. The average Bonchev–Trinajstić information content (AvgIpc) is 2.88. The highest BCUT2D eigenvalue weighted by Gasteiger charge is 2.19. The van der Waals surface area contributed by atoms with Gasteiger partial charge in [0.05, 0.1) is 6.54 Å². The highest BCUT2D eigenvalue weighted by atomic mass is 16.4. The third-order valence-electron chi connectivity index (χ3n) is 2.98. The van der Waals surface area contributed by atoms with E-state index in [1.165, 1.54) is 6.33 Å². The van der Waals surface area contributed by atoms with E-state index in [2.05, 4.69) is 22.3 Å². The lowest BCUT2D eigenvalue weighted by molar-refractivity contribution is -0.139. The van der Waals surface area contributed by atoms with E-state index in [-0.39, 0.29) is 0 Å². The van der Waals surface area contributed by atoms with Crippen molar-refractivity contribution in [2.24, 2.45) is 0 Å². The summed E-state index contributed by atoms with van der Waals surface area (Å²) in [6, 6.07) is 8.35. The number of aryl methyl sites for hydroxylation is 1. The number of aliphatic carboxylic acids is 1.